The molecule has 0 saturated carbocycles. The zero-order valence-electron chi connectivity index (χ0n) is 11.8. The number of fused-ring (bicyclic) bond motifs is 1. The summed E-state index contributed by atoms with van der Waals surface area (Å²) in [5.41, 5.74) is 3.19. The molecule has 0 saturated heterocycles. The molecule has 1 aromatic heterocycles. The predicted octanol–water partition coefficient (Wildman–Crippen LogP) is 1.44. The standard InChI is InChI=1S/C13H21N3O2/c1-9-10-8-16(12(17)18-13(2,3)4)7-6-11(10)14-15(9)5/h6-8H2,1-5H3/p+1. The van der Waals surface area contributed by atoms with Crippen molar-refractivity contribution in [3.8, 4) is 0 Å². The number of carbonyl (C=O) groups is 1. The van der Waals surface area contributed by atoms with Gasteiger partial charge in [-0.1, -0.05) is 0 Å². The van der Waals surface area contributed by atoms with Gasteiger partial charge in [-0.25, -0.2) is 4.79 Å². The van der Waals surface area contributed by atoms with E-state index in [0.29, 0.717) is 13.1 Å². The maximum atomic E-state index is 12.0. The lowest BCUT2D eigenvalue weighted by molar-refractivity contribution is -0.732. The van der Waals surface area contributed by atoms with Gasteiger partial charge in [0.15, 0.2) is 7.05 Å². The van der Waals surface area contributed by atoms with Crippen LogP contribution >= 0.6 is 0 Å². The highest BCUT2D eigenvalue weighted by Gasteiger charge is 2.30. The van der Waals surface area contributed by atoms with Crippen molar-refractivity contribution in [1.82, 2.24) is 10.00 Å². The van der Waals surface area contributed by atoms with Crippen LogP contribution in [0.5, 0.6) is 0 Å². The van der Waals surface area contributed by atoms with Gasteiger partial charge in [0.25, 0.3) is 0 Å². The quantitative estimate of drug-likeness (QED) is 0.710. The predicted molar refractivity (Wildman–Crippen MR) is 67.1 cm³/mol. The molecule has 5 nitrogen and oxygen atoms in total. The van der Waals surface area contributed by atoms with E-state index in [1.54, 1.807) is 4.90 Å². The van der Waals surface area contributed by atoms with Gasteiger partial charge in [0, 0.05) is 19.9 Å². The molecule has 0 atom stereocenters. The zero-order valence-corrected chi connectivity index (χ0v) is 11.8. The number of amides is 1. The normalized spacial score (nSPS) is 15.5. The second-order valence-electron chi connectivity index (χ2n) is 5.87. The van der Waals surface area contributed by atoms with Crippen molar-refractivity contribution in [2.75, 3.05) is 6.54 Å². The third kappa shape index (κ3) is 2.49. The van der Waals surface area contributed by atoms with Crippen molar-refractivity contribution in [3.05, 3.63) is 17.0 Å². The van der Waals surface area contributed by atoms with Gasteiger partial charge in [0.2, 0.25) is 5.69 Å². The van der Waals surface area contributed by atoms with Crippen molar-refractivity contribution in [2.45, 2.75) is 46.3 Å². The van der Waals surface area contributed by atoms with Gasteiger partial charge in [-0.2, -0.15) is 5.10 Å². The summed E-state index contributed by atoms with van der Waals surface area (Å²) in [4.78, 5) is 13.8. The molecule has 1 amide bonds. The van der Waals surface area contributed by atoms with Gasteiger partial charge >= 0.3 is 6.09 Å². The Labute approximate surface area is 108 Å². The number of carbonyl (C=O) groups excluding carboxylic acids is 1. The van der Waals surface area contributed by atoms with E-state index in [4.69, 9.17) is 4.74 Å². The van der Waals surface area contributed by atoms with E-state index in [9.17, 15) is 4.79 Å². The van der Waals surface area contributed by atoms with Crippen LogP contribution in [0.4, 0.5) is 4.79 Å². The van der Waals surface area contributed by atoms with E-state index in [0.717, 1.165) is 6.42 Å². The van der Waals surface area contributed by atoms with Gasteiger partial charge in [-0.05, 0) is 20.8 Å². The number of aromatic amines is 1. The maximum absolute atomic E-state index is 12.0. The summed E-state index contributed by atoms with van der Waals surface area (Å²) in [5, 5.41) is 3.31. The summed E-state index contributed by atoms with van der Waals surface area (Å²) in [7, 11) is 1.99. The number of nitrogens with one attached hydrogen (secondary N) is 1. The topological polar surface area (TPSA) is 49.2 Å². The number of hydrogen-bond acceptors (Lipinski definition) is 2. The molecule has 0 unspecified atom stereocenters. The van der Waals surface area contributed by atoms with Crippen LogP contribution in [0.2, 0.25) is 0 Å². The first-order valence-corrected chi connectivity index (χ1v) is 6.32. The third-order valence-electron chi connectivity index (χ3n) is 3.24. The molecular weight excluding hydrogens is 230 g/mol. The minimum absolute atomic E-state index is 0.226. The van der Waals surface area contributed by atoms with Gasteiger partial charge in [0.1, 0.15) is 5.60 Å². The van der Waals surface area contributed by atoms with Crippen molar-refractivity contribution in [1.29, 1.82) is 0 Å². The minimum atomic E-state index is -0.435. The second-order valence-corrected chi connectivity index (χ2v) is 5.87. The largest absolute Gasteiger partial charge is 0.444 e. The highest BCUT2D eigenvalue weighted by molar-refractivity contribution is 5.68. The average molecular weight is 252 g/mol. The number of nitrogens with zero attached hydrogens (tertiary/aromatic N) is 2. The molecule has 18 heavy (non-hydrogen) atoms. The zero-order chi connectivity index (χ0) is 13.5. The summed E-state index contributed by atoms with van der Waals surface area (Å²) >= 11 is 0. The molecule has 0 aliphatic carbocycles. The monoisotopic (exact) mass is 252 g/mol. The molecule has 1 N–H and O–H groups in total. The fourth-order valence-electron chi connectivity index (χ4n) is 2.19. The molecule has 1 aliphatic heterocycles. The van der Waals surface area contributed by atoms with Crippen LogP contribution in [0, 0.1) is 6.92 Å². The molecule has 2 heterocycles. The molecule has 0 bridgehead atoms. The van der Waals surface area contributed by atoms with Crippen molar-refractivity contribution in [2.24, 2.45) is 7.05 Å². The summed E-state index contributed by atoms with van der Waals surface area (Å²) in [5.74, 6) is 0. The molecule has 0 radical (unpaired) electrons. The molecule has 1 aliphatic rings. The summed E-state index contributed by atoms with van der Waals surface area (Å²) in [6, 6.07) is 0. The lowest BCUT2D eigenvalue weighted by Crippen LogP contribution is -2.39. The van der Waals surface area contributed by atoms with Crippen molar-refractivity contribution in [3.63, 3.8) is 0 Å². The first-order chi connectivity index (χ1) is 8.28. The van der Waals surface area contributed by atoms with Crippen LogP contribution in [0.3, 0.4) is 0 Å². The summed E-state index contributed by atoms with van der Waals surface area (Å²) in [6.45, 7) is 9.08. The number of aromatic nitrogens is 2. The van der Waals surface area contributed by atoms with Crippen molar-refractivity contribution < 1.29 is 14.2 Å². The smallest absolute Gasteiger partial charge is 0.410 e. The SMILES string of the molecule is Cc1c2c([nH][n+]1C)CCN(C(=O)OC(C)(C)C)C2. The third-order valence-corrected chi connectivity index (χ3v) is 3.24. The maximum Gasteiger partial charge on any atom is 0.410 e. The van der Waals surface area contributed by atoms with Gasteiger partial charge in [0.05, 0.1) is 17.8 Å². The molecule has 100 valence electrons. The Morgan fingerprint density at radius 2 is 2.11 bits per heavy atom. The Morgan fingerprint density at radius 3 is 2.72 bits per heavy atom. The first-order valence-electron chi connectivity index (χ1n) is 6.32. The Kier molecular flexibility index (Phi) is 3.09. The lowest BCUT2D eigenvalue weighted by Gasteiger charge is -2.29. The number of aryl methyl sites for hydroxylation is 1. The van der Waals surface area contributed by atoms with Crippen LogP contribution in [-0.4, -0.2) is 28.2 Å². The molecule has 0 spiro atoms. The van der Waals surface area contributed by atoms with E-state index >= 15 is 0 Å². The van der Waals surface area contributed by atoms with Gasteiger partial charge in [-0.3, -0.25) is 0 Å². The molecule has 2 rings (SSSR count). The Bertz CT molecular complexity index is 471. The van der Waals surface area contributed by atoms with E-state index in [2.05, 4.69) is 12.0 Å². The summed E-state index contributed by atoms with van der Waals surface area (Å²) in [6.07, 6.45) is 0.632. The molecule has 0 aromatic carbocycles. The van der Waals surface area contributed by atoms with Crippen LogP contribution in [-0.2, 0) is 24.8 Å². The van der Waals surface area contributed by atoms with Crippen LogP contribution < -0.4 is 4.68 Å². The molecule has 0 fully saturated rings. The van der Waals surface area contributed by atoms with E-state index in [1.807, 2.05) is 32.5 Å². The fraction of sp³-hybridized carbons (Fsp3) is 0.692. The van der Waals surface area contributed by atoms with Gasteiger partial charge < -0.3 is 9.64 Å². The molecule has 1 aromatic rings. The second kappa shape index (κ2) is 4.30. The highest BCUT2D eigenvalue weighted by atomic mass is 16.6. The molecule has 5 heteroatoms. The van der Waals surface area contributed by atoms with Gasteiger partial charge in [-0.15, -0.1) is 4.68 Å². The Hall–Kier alpha value is -1.52. The Morgan fingerprint density at radius 1 is 1.44 bits per heavy atom. The fourth-order valence-corrected chi connectivity index (χ4v) is 2.19. The number of rotatable bonds is 0. The lowest BCUT2D eigenvalue weighted by atomic mass is 10.1. The van der Waals surface area contributed by atoms with Crippen LogP contribution in [0.25, 0.3) is 0 Å². The minimum Gasteiger partial charge on any atom is -0.444 e. The van der Waals surface area contributed by atoms with Crippen LogP contribution in [0.1, 0.15) is 37.7 Å². The number of ether oxygens (including phenoxy) is 1. The number of H-pyrrole nitrogens is 1. The van der Waals surface area contributed by atoms with Crippen LogP contribution in [0.15, 0.2) is 0 Å². The van der Waals surface area contributed by atoms with E-state index < -0.39 is 5.60 Å². The Balaban J connectivity index is 2.12. The summed E-state index contributed by atoms with van der Waals surface area (Å²) < 4.78 is 7.41. The highest BCUT2D eigenvalue weighted by Crippen LogP contribution is 2.20. The first kappa shape index (κ1) is 12.9. The molecular formula is C13H22N3O2+. The number of hydrogen-bond donors (Lipinski definition) is 1. The van der Waals surface area contributed by atoms with E-state index in [1.165, 1.54) is 17.0 Å². The van der Waals surface area contributed by atoms with Crippen molar-refractivity contribution >= 4 is 6.09 Å². The van der Waals surface area contributed by atoms with E-state index in [-0.39, 0.29) is 6.09 Å². The average Bonchev–Trinajstić information content (AvgIpc) is 2.52.